The Balaban J connectivity index is 1.69. The predicted octanol–water partition coefficient (Wildman–Crippen LogP) is 1.40. The molecule has 2 saturated heterocycles. The standard InChI is InChI=1S/C18H26N2O3/c1-14-17(7-10-23-14)19-13-16(15-5-3-2-4-6-15)18(21)20-8-11-22-12-9-20/h2-6,14,16-17,19H,7-13H2,1H3. The fourth-order valence-corrected chi connectivity index (χ4v) is 3.31. The van der Waals surface area contributed by atoms with Crippen LogP contribution in [0.25, 0.3) is 0 Å². The summed E-state index contributed by atoms with van der Waals surface area (Å²) in [4.78, 5) is 14.9. The Morgan fingerprint density at radius 1 is 1.26 bits per heavy atom. The molecule has 0 bridgehead atoms. The van der Waals surface area contributed by atoms with Crippen LogP contribution in [-0.2, 0) is 14.3 Å². The number of amides is 1. The second kappa shape index (κ2) is 7.90. The highest BCUT2D eigenvalue weighted by atomic mass is 16.5. The highest BCUT2D eigenvalue weighted by Gasteiger charge is 2.30. The molecule has 1 amide bonds. The lowest BCUT2D eigenvalue weighted by molar-refractivity contribution is -0.136. The van der Waals surface area contributed by atoms with E-state index in [0.29, 0.717) is 38.9 Å². The van der Waals surface area contributed by atoms with Crippen molar-refractivity contribution in [1.29, 1.82) is 0 Å². The van der Waals surface area contributed by atoms with E-state index in [-0.39, 0.29) is 17.9 Å². The number of hydrogen-bond acceptors (Lipinski definition) is 4. The summed E-state index contributed by atoms with van der Waals surface area (Å²) in [6.45, 7) is 6.18. The van der Waals surface area contributed by atoms with Crippen molar-refractivity contribution >= 4 is 5.91 Å². The molecule has 2 fully saturated rings. The van der Waals surface area contributed by atoms with Gasteiger partial charge in [0, 0.05) is 32.3 Å². The minimum absolute atomic E-state index is 0.151. The maximum Gasteiger partial charge on any atom is 0.231 e. The largest absolute Gasteiger partial charge is 0.378 e. The Morgan fingerprint density at radius 3 is 2.65 bits per heavy atom. The molecule has 2 aliphatic heterocycles. The smallest absolute Gasteiger partial charge is 0.231 e. The number of nitrogens with one attached hydrogen (secondary N) is 1. The number of benzene rings is 1. The molecule has 0 radical (unpaired) electrons. The van der Waals surface area contributed by atoms with Gasteiger partial charge >= 0.3 is 0 Å². The van der Waals surface area contributed by atoms with E-state index in [4.69, 9.17) is 9.47 Å². The third-order valence-corrected chi connectivity index (χ3v) is 4.78. The first-order valence-corrected chi connectivity index (χ1v) is 8.52. The molecular formula is C18H26N2O3. The summed E-state index contributed by atoms with van der Waals surface area (Å²) in [6, 6.07) is 10.4. The zero-order valence-electron chi connectivity index (χ0n) is 13.7. The van der Waals surface area contributed by atoms with Gasteiger partial charge in [-0.25, -0.2) is 0 Å². The molecule has 126 valence electrons. The zero-order valence-corrected chi connectivity index (χ0v) is 13.7. The number of carbonyl (C=O) groups excluding carboxylic acids is 1. The summed E-state index contributed by atoms with van der Waals surface area (Å²) in [5.41, 5.74) is 1.07. The first-order valence-electron chi connectivity index (χ1n) is 8.52. The van der Waals surface area contributed by atoms with Crippen LogP contribution in [0.4, 0.5) is 0 Å². The molecule has 0 spiro atoms. The average molecular weight is 318 g/mol. The van der Waals surface area contributed by atoms with Gasteiger partial charge in [0.15, 0.2) is 0 Å². The number of carbonyl (C=O) groups is 1. The van der Waals surface area contributed by atoms with E-state index in [2.05, 4.69) is 12.2 Å². The maximum atomic E-state index is 13.0. The molecule has 3 atom stereocenters. The van der Waals surface area contributed by atoms with E-state index in [1.54, 1.807) is 0 Å². The van der Waals surface area contributed by atoms with E-state index in [0.717, 1.165) is 18.6 Å². The molecule has 0 aliphatic carbocycles. The Hall–Kier alpha value is -1.43. The second-order valence-electron chi connectivity index (χ2n) is 6.28. The van der Waals surface area contributed by atoms with Crippen molar-refractivity contribution < 1.29 is 14.3 Å². The van der Waals surface area contributed by atoms with E-state index in [1.807, 2.05) is 35.2 Å². The van der Waals surface area contributed by atoms with Gasteiger partial charge in [0.1, 0.15) is 0 Å². The highest BCUT2D eigenvalue weighted by molar-refractivity contribution is 5.84. The molecule has 23 heavy (non-hydrogen) atoms. The quantitative estimate of drug-likeness (QED) is 0.891. The lowest BCUT2D eigenvalue weighted by atomic mass is 9.96. The van der Waals surface area contributed by atoms with Gasteiger partial charge in [-0.2, -0.15) is 0 Å². The molecule has 5 heteroatoms. The van der Waals surface area contributed by atoms with Crippen LogP contribution in [-0.4, -0.2) is 62.4 Å². The van der Waals surface area contributed by atoms with Crippen molar-refractivity contribution in [1.82, 2.24) is 10.2 Å². The van der Waals surface area contributed by atoms with Crippen molar-refractivity contribution in [2.24, 2.45) is 0 Å². The normalized spacial score (nSPS) is 26.2. The second-order valence-corrected chi connectivity index (χ2v) is 6.28. The van der Waals surface area contributed by atoms with Crippen LogP contribution < -0.4 is 5.32 Å². The third kappa shape index (κ3) is 4.10. The summed E-state index contributed by atoms with van der Waals surface area (Å²) in [5, 5.41) is 3.55. The number of hydrogen-bond donors (Lipinski definition) is 1. The fraction of sp³-hybridized carbons (Fsp3) is 0.611. The minimum Gasteiger partial charge on any atom is -0.378 e. The van der Waals surface area contributed by atoms with Crippen LogP contribution in [0.2, 0.25) is 0 Å². The topological polar surface area (TPSA) is 50.8 Å². The van der Waals surface area contributed by atoms with Gasteiger partial charge in [0.05, 0.1) is 25.2 Å². The molecule has 0 saturated carbocycles. The van der Waals surface area contributed by atoms with Crippen LogP contribution >= 0.6 is 0 Å². The van der Waals surface area contributed by atoms with Crippen molar-refractivity contribution in [3.63, 3.8) is 0 Å². The van der Waals surface area contributed by atoms with Crippen molar-refractivity contribution in [2.45, 2.75) is 31.4 Å². The lowest BCUT2D eigenvalue weighted by Gasteiger charge is -2.31. The molecule has 2 heterocycles. The van der Waals surface area contributed by atoms with Crippen molar-refractivity contribution in [2.75, 3.05) is 39.5 Å². The van der Waals surface area contributed by atoms with Crippen LogP contribution in [0, 0.1) is 0 Å². The number of ether oxygens (including phenoxy) is 2. The molecule has 3 unspecified atom stereocenters. The van der Waals surface area contributed by atoms with E-state index in [1.165, 1.54) is 0 Å². The summed E-state index contributed by atoms with van der Waals surface area (Å²) in [7, 11) is 0. The van der Waals surface area contributed by atoms with Crippen LogP contribution in [0.5, 0.6) is 0 Å². The molecule has 3 rings (SSSR count). The monoisotopic (exact) mass is 318 g/mol. The average Bonchev–Trinajstić information content (AvgIpc) is 3.02. The summed E-state index contributed by atoms with van der Waals surface area (Å²) in [6.07, 6.45) is 1.22. The molecule has 1 N–H and O–H groups in total. The first-order chi connectivity index (χ1) is 11.3. The number of nitrogens with zero attached hydrogens (tertiary/aromatic N) is 1. The van der Waals surface area contributed by atoms with Crippen LogP contribution in [0.1, 0.15) is 24.8 Å². The predicted molar refractivity (Wildman–Crippen MR) is 88.4 cm³/mol. The summed E-state index contributed by atoms with van der Waals surface area (Å²) < 4.78 is 11.0. The molecule has 1 aromatic carbocycles. The number of morpholine rings is 1. The van der Waals surface area contributed by atoms with Gasteiger partial charge in [-0.05, 0) is 18.9 Å². The molecule has 1 aromatic rings. The SMILES string of the molecule is CC1OCCC1NCC(C(=O)N1CCOCC1)c1ccccc1. The Kier molecular flexibility index (Phi) is 5.65. The first kappa shape index (κ1) is 16.4. The van der Waals surface area contributed by atoms with E-state index < -0.39 is 0 Å². The van der Waals surface area contributed by atoms with Gasteiger partial charge in [-0.15, -0.1) is 0 Å². The molecular weight excluding hydrogens is 292 g/mol. The summed E-state index contributed by atoms with van der Waals surface area (Å²) >= 11 is 0. The number of rotatable bonds is 5. The lowest BCUT2D eigenvalue weighted by Crippen LogP contribution is -2.46. The van der Waals surface area contributed by atoms with Gasteiger partial charge in [-0.3, -0.25) is 4.79 Å². The molecule has 2 aliphatic rings. The van der Waals surface area contributed by atoms with Gasteiger partial charge < -0.3 is 19.7 Å². The Bertz CT molecular complexity index is 502. The van der Waals surface area contributed by atoms with Crippen molar-refractivity contribution in [3.05, 3.63) is 35.9 Å². The highest BCUT2D eigenvalue weighted by Crippen LogP contribution is 2.20. The Labute approximate surface area is 137 Å². The minimum atomic E-state index is -0.151. The fourth-order valence-electron chi connectivity index (χ4n) is 3.31. The van der Waals surface area contributed by atoms with Gasteiger partial charge in [-0.1, -0.05) is 30.3 Å². The van der Waals surface area contributed by atoms with E-state index in [9.17, 15) is 4.79 Å². The maximum absolute atomic E-state index is 13.0. The van der Waals surface area contributed by atoms with Crippen LogP contribution in [0.3, 0.4) is 0 Å². The van der Waals surface area contributed by atoms with Gasteiger partial charge in [0.2, 0.25) is 5.91 Å². The van der Waals surface area contributed by atoms with Crippen LogP contribution in [0.15, 0.2) is 30.3 Å². The molecule has 5 nitrogen and oxygen atoms in total. The zero-order chi connectivity index (χ0) is 16.1. The van der Waals surface area contributed by atoms with Gasteiger partial charge in [0.25, 0.3) is 0 Å². The Morgan fingerprint density at radius 2 is 2.00 bits per heavy atom. The molecule has 0 aromatic heterocycles. The van der Waals surface area contributed by atoms with E-state index >= 15 is 0 Å². The summed E-state index contributed by atoms with van der Waals surface area (Å²) in [5.74, 6) is 0.0423. The third-order valence-electron chi connectivity index (χ3n) is 4.78. The van der Waals surface area contributed by atoms with Crippen molar-refractivity contribution in [3.8, 4) is 0 Å².